The van der Waals surface area contributed by atoms with Crippen LogP contribution < -0.4 is 0 Å². The lowest BCUT2D eigenvalue weighted by atomic mass is 10.1. The molecular weight excluding hydrogens is 381 g/mol. The van der Waals surface area contributed by atoms with Crippen molar-refractivity contribution in [1.82, 2.24) is 4.98 Å². The van der Waals surface area contributed by atoms with Crippen molar-refractivity contribution in [2.24, 2.45) is 0 Å². The van der Waals surface area contributed by atoms with Crippen LogP contribution in [0.5, 0.6) is 0 Å². The summed E-state index contributed by atoms with van der Waals surface area (Å²) in [5.74, 6) is 0.537. The maximum Gasteiger partial charge on any atom is 0.388 e. The van der Waals surface area contributed by atoms with Crippen molar-refractivity contribution < 1.29 is 28.1 Å². The number of aryl methyl sites for hydroxylation is 2. The van der Waals surface area contributed by atoms with E-state index in [1.807, 2.05) is 44.2 Å². The molecular formula is C20H24NO6P. The fourth-order valence-corrected chi connectivity index (χ4v) is 4.13. The zero-order valence-corrected chi connectivity index (χ0v) is 17.3. The molecule has 0 aliphatic rings. The highest BCUT2D eigenvalue weighted by Gasteiger charge is 2.28. The Morgan fingerprint density at radius 2 is 1.64 bits per heavy atom. The van der Waals surface area contributed by atoms with Crippen LogP contribution in [0.15, 0.2) is 40.8 Å². The minimum atomic E-state index is -3.58. The fraction of sp³-hybridized carbons (Fsp3) is 0.350. The number of hydrogen-bond acceptors (Lipinski definition) is 7. The Morgan fingerprint density at radius 3 is 2.25 bits per heavy atom. The van der Waals surface area contributed by atoms with Crippen LogP contribution in [-0.2, 0) is 29.9 Å². The van der Waals surface area contributed by atoms with E-state index in [4.69, 9.17) is 23.5 Å². The number of nitrogens with zero attached hydrogens (tertiary/aromatic N) is 1. The molecule has 0 fully saturated rings. The first-order valence-corrected chi connectivity index (χ1v) is 10.9. The van der Waals surface area contributed by atoms with Crippen molar-refractivity contribution in [2.75, 3.05) is 13.2 Å². The average molecular weight is 405 g/mol. The summed E-state index contributed by atoms with van der Waals surface area (Å²) in [6.45, 7) is 7.97. The van der Waals surface area contributed by atoms with Crippen molar-refractivity contribution >= 4 is 18.7 Å². The van der Waals surface area contributed by atoms with Gasteiger partial charge in [-0.05, 0) is 62.6 Å². The van der Waals surface area contributed by atoms with E-state index in [1.165, 1.54) is 0 Å². The molecule has 0 saturated carbocycles. The van der Waals surface area contributed by atoms with E-state index < -0.39 is 7.60 Å². The molecule has 0 atom stereocenters. The maximum absolute atomic E-state index is 12.7. The number of rotatable bonds is 9. The lowest BCUT2D eigenvalue weighted by Gasteiger charge is -2.15. The highest BCUT2D eigenvalue weighted by molar-refractivity contribution is 7.52. The molecule has 8 heteroatoms. The van der Waals surface area contributed by atoms with Crippen molar-refractivity contribution in [3.8, 4) is 11.5 Å². The third-order valence-corrected chi connectivity index (χ3v) is 5.38. The molecule has 1 heterocycles. The molecule has 28 heavy (non-hydrogen) atoms. The van der Waals surface area contributed by atoms with Gasteiger partial charge in [-0.1, -0.05) is 18.2 Å². The van der Waals surface area contributed by atoms with Gasteiger partial charge in [0, 0.05) is 5.56 Å². The molecule has 0 unspecified atom stereocenters. The Balaban J connectivity index is 1.80. The molecule has 0 aliphatic carbocycles. The summed E-state index contributed by atoms with van der Waals surface area (Å²) in [5, 5.41) is 0. The molecule has 7 nitrogen and oxygen atoms in total. The minimum Gasteiger partial charge on any atom is -0.436 e. The number of hydrogen-bond donors (Lipinski definition) is 0. The van der Waals surface area contributed by atoms with Gasteiger partial charge in [0.2, 0.25) is 5.89 Å². The lowest BCUT2D eigenvalue weighted by molar-refractivity contribution is -0.263. The van der Waals surface area contributed by atoms with Gasteiger partial charge < -0.3 is 4.42 Å². The van der Waals surface area contributed by atoms with Gasteiger partial charge in [0.05, 0.1) is 19.4 Å². The smallest absolute Gasteiger partial charge is 0.388 e. The maximum atomic E-state index is 12.7. The van der Waals surface area contributed by atoms with Gasteiger partial charge >= 0.3 is 7.60 Å². The zero-order chi connectivity index (χ0) is 20.1. The molecule has 3 aromatic rings. The predicted molar refractivity (Wildman–Crippen MR) is 106 cm³/mol. The van der Waals surface area contributed by atoms with Crippen LogP contribution in [0.1, 0.15) is 30.5 Å². The van der Waals surface area contributed by atoms with Crippen LogP contribution in [0.3, 0.4) is 0 Å². The largest absolute Gasteiger partial charge is 0.436 e. The van der Waals surface area contributed by atoms with Gasteiger partial charge in [-0.2, -0.15) is 0 Å². The summed E-state index contributed by atoms with van der Waals surface area (Å²) in [6, 6.07) is 11.4. The van der Waals surface area contributed by atoms with Crippen LogP contribution in [-0.4, -0.2) is 18.2 Å². The molecule has 0 saturated heterocycles. The summed E-state index contributed by atoms with van der Waals surface area (Å²) in [5.41, 5.74) is 5.37. The van der Waals surface area contributed by atoms with E-state index in [0.29, 0.717) is 5.89 Å². The third-order valence-electron chi connectivity index (χ3n) is 3.97. The number of oxazole rings is 1. The zero-order valence-electron chi connectivity index (χ0n) is 16.4. The predicted octanol–water partition coefficient (Wildman–Crippen LogP) is 5.74. The second-order valence-corrected chi connectivity index (χ2v) is 8.21. The quantitative estimate of drug-likeness (QED) is 0.255. The molecule has 3 rings (SSSR count). The summed E-state index contributed by atoms with van der Waals surface area (Å²) in [4.78, 5) is 14.2. The van der Waals surface area contributed by atoms with E-state index in [0.717, 1.165) is 33.4 Å². The highest BCUT2D eigenvalue weighted by Crippen LogP contribution is 2.52. The lowest BCUT2D eigenvalue weighted by Crippen LogP contribution is -2.01. The van der Waals surface area contributed by atoms with E-state index in [2.05, 4.69) is 11.1 Å². The summed E-state index contributed by atoms with van der Waals surface area (Å²) in [6.07, 6.45) is 0.0130. The van der Waals surface area contributed by atoms with Crippen LogP contribution in [0.25, 0.3) is 22.6 Å². The minimum absolute atomic E-state index is 0.0130. The van der Waals surface area contributed by atoms with Gasteiger partial charge in [0.1, 0.15) is 5.52 Å². The number of benzene rings is 2. The van der Waals surface area contributed by atoms with Crippen LogP contribution in [0.4, 0.5) is 0 Å². The molecule has 0 radical (unpaired) electrons. The fourth-order valence-electron chi connectivity index (χ4n) is 2.81. The summed E-state index contributed by atoms with van der Waals surface area (Å²) < 4.78 is 28.5. The molecule has 0 spiro atoms. The van der Waals surface area contributed by atoms with Crippen LogP contribution >= 0.6 is 7.60 Å². The standard InChI is InChI=1S/C20H24NO6P/c1-5-23-26-28(22,27-24-6-2)13-16-7-9-17(10-8-16)20-21-18-12-14(3)11-15(4)19(18)25-20/h7-12H,5-6,13H2,1-4H3. The van der Waals surface area contributed by atoms with E-state index >= 15 is 0 Å². The SMILES string of the molecule is CCOOP(=O)(Cc1ccc(-c2nc3cc(C)cc(C)c3o2)cc1)OOCC. The first-order chi connectivity index (χ1) is 13.4. The van der Waals surface area contributed by atoms with E-state index in [9.17, 15) is 4.57 Å². The average Bonchev–Trinajstić information content (AvgIpc) is 3.10. The van der Waals surface area contributed by atoms with Crippen molar-refractivity contribution in [3.05, 3.63) is 53.1 Å². The van der Waals surface area contributed by atoms with Gasteiger partial charge in [0.15, 0.2) is 5.58 Å². The molecule has 150 valence electrons. The van der Waals surface area contributed by atoms with Crippen LogP contribution in [0.2, 0.25) is 0 Å². The number of aromatic nitrogens is 1. The van der Waals surface area contributed by atoms with E-state index in [-0.39, 0.29) is 19.4 Å². The Bertz CT molecular complexity index is 970. The Morgan fingerprint density at radius 1 is 1.00 bits per heavy atom. The molecule has 0 aliphatic heterocycles. The van der Waals surface area contributed by atoms with Crippen molar-refractivity contribution in [1.29, 1.82) is 0 Å². The van der Waals surface area contributed by atoms with Gasteiger partial charge in [0.25, 0.3) is 0 Å². The highest BCUT2D eigenvalue weighted by atomic mass is 31.2. The second kappa shape index (κ2) is 8.99. The van der Waals surface area contributed by atoms with Crippen molar-refractivity contribution in [3.63, 3.8) is 0 Å². The van der Waals surface area contributed by atoms with Crippen molar-refractivity contribution in [2.45, 2.75) is 33.9 Å². The second-order valence-electron chi connectivity index (χ2n) is 6.38. The van der Waals surface area contributed by atoms with Gasteiger partial charge in [-0.15, -0.1) is 9.35 Å². The third kappa shape index (κ3) is 4.87. The van der Waals surface area contributed by atoms with Gasteiger partial charge in [-0.25, -0.2) is 14.8 Å². The molecule has 2 aromatic carbocycles. The Kier molecular flexibility index (Phi) is 6.65. The first-order valence-electron chi connectivity index (χ1n) is 9.12. The molecule has 0 bridgehead atoms. The Hall–Kier alpha value is -2.02. The number of fused-ring (bicyclic) bond motifs is 1. The van der Waals surface area contributed by atoms with Crippen LogP contribution in [0, 0.1) is 13.8 Å². The normalized spacial score (nSPS) is 12.0. The Labute approximate surface area is 164 Å². The summed E-state index contributed by atoms with van der Waals surface area (Å²) in [7, 11) is -3.58. The van der Waals surface area contributed by atoms with Gasteiger partial charge in [-0.3, -0.25) is 4.57 Å². The molecule has 1 aromatic heterocycles. The first kappa shape index (κ1) is 20.7. The monoisotopic (exact) mass is 405 g/mol. The van der Waals surface area contributed by atoms with E-state index in [1.54, 1.807) is 13.8 Å². The topological polar surface area (TPSA) is 80.0 Å². The summed E-state index contributed by atoms with van der Waals surface area (Å²) >= 11 is 0. The molecule has 0 amide bonds. The molecule has 0 N–H and O–H groups in total.